The van der Waals surface area contributed by atoms with E-state index in [9.17, 15) is 0 Å². The molecule has 0 aromatic heterocycles. The summed E-state index contributed by atoms with van der Waals surface area (Å²) in [4.78, 5) is 4.57. The van der Waals surface area contributed by atoms with Crippen LogP contribution in [-0.4, -0.2) is 6.21 Å². The van der Waals surface area contributed by atoms with Crippen LogP contribution < -0.4 is 9.47 Å². The molecule has 0 N–H and O–H groups in total. The molecule has 0 fully saturated rings. The second-order valence-electron chi connectivity index (χ2n) is 6.59. The SMILES string of the molecule is Clc1ccccc1COc1ccccc1C=Nc1ccc(Oc2ccccc2)cc1. The van der Waals surface area contributed by atoms with Crippen LogP contribution in [0.4, 0.5) is 5.69 Å². The molecule has 4 aromatic carbocycles. The molecular weight excluding hydrogens is 394 g/mol. The molecule has 0 unspecified atom stereocenters. The summed E-state index contributed by atoms with van der Waals surface area (Å²) < 4.78 is 11.8. The van der Waals surface area contributed by atoms with E-state index in [0.717, 1.165) is 34.1 Å². The van der Waals surface area contributed by atoms with Crippen molar-refractivity contribution in [3.63, 3.8) is 0 Å². The minimum absolute atomic E-state index is 0.399. The lowest BCUT2D eigenvalue weighted by Crippen LogP contribution is -1.98. The average molecular weight is 414 g/mol. The van der Waals surface area contributed by atoms with E-state index in [0.29, 0.717) is 11.6 Å². The zero-order valence-electron chi connectivity index (χ0n) is 16.2. The van der Waals surface area contributed by atoms with E-state index in [1.54, 1.807) is 6.21 Å². The number of nitrogens with zero attached hydrogens (tertiary/aromatic N) is 1. The molecule has 0 aliphatic heterocycles. The molecule has 30 heavy (non-hydrogen) atoms. The van der Waals surface area contributed by atoms with Gasteiger partial charge in [-0.2, -0.15) is 0 Å². The van der Waals surface area contributed by atoms with Crippen molar-refractivity contribution in [2.24, 2.45) is 4.99 Å². The highest BCUT2D eigenvalue weighted by Gasteiger charge is 2.04. The fourth-order valence-electron chi connectivity index (χ4n) is 2.86. The third-order valence-electron chi connectivity index (χ3n) is 4.43. The minimum Gasteiger partial charge on any atom is -0.488 e. The lowest BCUT2D eigenvalue weighted by molar-refractivity contribution is 0.306. The summed E-state index contributed by atoms with van der Waals surface area (Å²) in [7, 11) is 0. The Morgan fingerprint density at radius 3 is 2.17 bits per heavy atom. The van der Waals surface area contributed by atoms with E-state index in [2.05, 4.69) is 4.99 Å². The zero-order chi connectivity index (χ0) is 20.6. The predicted octanol–water partition coefficient (Wildman–Crippen LogP) is 7.46. The normalized spacial score (nSPS) is 10.8. The predicted molar refractivity (Wildman–Crippen MR) is 122 cm³/mol. The fourth-order valence-corrected chi connectivity index (χ4v) is 3.05. The first-order valence-corrected chi connectivity index (χ1v) is 9.98. The molecule has 148 valence electrons. The minimum atomic E-state index is 0.399. The second kappa shape index (κ2) is 9.77. The number of rotatable bonds is 7. The first kappa shape index (κ1) is 19.7. The highest BCUT2D eigenvalue weighted by molar-refractivity contribution is 6.31. The zero-order valence-corrected chi connectivity index (χ0v) is 17.0. The van der Waals surface area contributed by atoms with E-state index in [-0.39, 0.29) is 0 Å². The molecule has 0 saturated heterocycles. The third kappa shape index (κ3) is 5.28. The van der Waals surface area contributed by atoms with Crippen molar-refractivity contribution in [2.45, 2.75) is 6.61 Å². The third-order valence-corrected chi connectivity index (χ3v) is 4.80. The van der Waals surface area contributed by atoms with Crippen molar-refractivity contribution < 1.29 is 9.47 Å². The van der Waals surface area contributed by atoms with Crippen LogP contribution >= 0.6 is 11.6 Å². The van der Waals surface area contributed by atoms with Crippen LogP contribution in [0.1, 0.15) is 11.1 Å². The molecule has 4 aromatic rings. The molecule has 4 rings (SSSR count). The monoisotopic (exact) mass is 413 g/mol. The summed E-state index contributed by atoms with van der Waals surface area (Å²) in [6.45, 7) is 0.399. The Kier molecular flexibility index (Phi) is 6.43. The Morgan fingerprint density at radius 2 is 1.37 bits per heavy atom. The molecule has 0 spiro atoms. The van der Waals surface area contributed by atoms with Gasteiger partial charge in [0.15, 0.2) is 0 Å². The van der Waals surface area contributed by atoms with Crippen LogP contribution in [0.15, 0.2) is 108 Å². The smallest absolute Gasteiger partial charge is 0.128 e. The van der Waals surface area contributed by atoms with E-state index in [1.807, 2.05) is 103 Å². The Hall–Kier alpha value is -3.56. The summed E-state index contributed by atoms with van der Waals surface area (Å²) in [5.41, 5.74) is 2.67. The maximum absolute atomic E-state index is 6.22. The first-order valence-electron chi connectivity index (χ1n) is 9.60. The summed E-state index contributed by atoms with van der Waals surface area (Å²) in [5.74, 6) is 2.33. The van der Waals surface area contributed by atoms with Gasteiger partial charge in [0.2, 0.25) is 0 Å². The molecule has 0 radical (unpaired) electrons. The number of hydrogen-bond acceptors (Lipinski definition) is 3. The topological polar surface area (TPSA) is 30.8 Å². The maximum atomic E-state index is 6.22. The summed E-state index contributed by atoms with van der Waals surface area (Å²) in [5, 5.41) is 0.696. The lowest BCUT2D eigenvalue weighted by Gasteiger charge is -2.10. The number of para-hydroxylation sites is 2. The van der Waals surface area contributed by atoms with Crippen LogP contribution in [0, 0.1) is 0 Å². The van der Waals surface area contributed by atoms with Gasteiger partial charge in [-0.3, -0.25) is 4.99 Å². The number of ether oxygens (including phenoxy) is 2. The van der Waals surface area contributed by atoms with Crippen LogP contribution in [-0.2, 0) is 6.61 Å². The Labute approximate surface area is 181 Å². The molecule has 0 atom stereocenters. The van der Waals surface area contributed by atoms with Crippen LogP contribution in [0.5, 0.6) is 17.2 Å². The van der Waals surface area contributed by atoms with Crippen molar-refractivity contribution in [2.75, 3.05) is 0 Å². The molecule has 0 aliphatic carbocycles. The van der Waals surface area contributed by atoms with Crippen LogP contribution in [0.2, 0.25) is 5.02 Å². The molecule has 0 aliphatic rings. The second-order valence-corrected chi connectivity index (χ2v) is 6.99. The van der Waals surface area contributed by atoms with Crippen LogP contribution in [0.3, 0.4) is 0 Å². The van der Waals surface area contributed by atoms with E-state index >= 15 is 0 Å². The van der Waals surface area contributed by atoms with Gasteiger partial charge < -0.3 is 9.47 Å². The number of benzene rings is 4. The van der Waals surface area contributed by atoms with E-state index < -0.39 is 0 Å². The Morgan fingerprint density at radius 1 is 0.700 bits per heavy atom. The fraction of sp³-hybridized carbons (Fsp3) is 0.0385. The molecule has 3 nitrogen and oxygen atoms in total. The van der Waals surface area contributed by atoms with E-state index in [1.165, 1.54) is 0 Å². The van der Waals surface area contributed by atoms with Crippen molar-refractivity contribution in [1.29, 1.82) is 0 Å². The Balaban J connectivity index is 1.43. The molecular formula is C26H20ClNO2. The standard InChI is InChI=1S/C26H20ClNO2/c27-25-12-6-4-9-21(25)19-29-26-13-7-5-8-20(26)18-28-22-14-16-24(17-15-22)30-23-10-2-1-3-11-23/h1-18H,19H2. The molecule has 0 bridgehead atoms. The largest absolute Gasteiger partial charge is 0.488 e. The van der Waals surface area contributed by atoms with Gasteiger partial charge in [0.1, 0.15) is 23.9 Å². The van der Waals surface area contributed by atoms with Gasteiger partial charge in [-0.25, -0.2) is 0 Å². The van der Waals surface area contributed by atoms with Gasteiger partial charge in [0, 0.05) is 22.4 Å². The quantitative estimate of drug-likeness (QED) is 0.294. The van der Waals surface area contributed by atoms with Gasteiger partial charge in [-0.05, 0) is 54.6 Å². The van der Waals surface area contributed by atoms with Gasteiger partial charge in [-0.1, -0.05) is 60.1 Å². The lowest BCUT2D eigenvalue weighted by atomic mass is 10.2. The highest BCUT2D eigenvalue weighted by atomic mass is 35.5. The van der Waals surface area contributed by atoms with Crippen molar-refractivity contribution in [1.82, 2.24) is 0 Å². The van der Waals surface area contributed by atoms with Crippen molar-refractivity contribution in [3.8, 4) is 17.2 Å². The average Bonchev–Trinajstić information content (AvgIpc) is 2.79. The number of aliphatic imine (C=N–C) groups is 1. The number of halogens is 1. The number of hydrogen-bond donors (Lipinski definition) is 0. The van der Waals surface area contributed by atoms with Crippen LogP contribution in [0.25, 0.3) is 0 Å². The van der Waals surface area contributed by atoms with E-state index in [4.69, 9.17) is 21.1 Å². The van der Waals surface area contributed by atoms with Gasteiger partial charge in [0.25, 0.3) is 0 Å². The molecule has 4 heteroatoms. The summed E-state index contributed by atoms with van der Waals surface area (Å²) in [6, 6.07) is 32.8. The van der Waals surface area contributed by atoms with Crippen molar-refractivity contribution >= 4 is 23.5 Å². The summed E-state index contributed by atoms with van der Waals surface area (Å²) >= 11 is 6.22. The van der Waals surface area contributed by atoms with Crippen molar-refractivity contribution in [3.05, 3.63) is 119 Å². The molecule has 0 saturated carbocycles. The first-order chi connectivity index (χ1) is 14.8. The summed E-state index contributed by atoms with van der Waals surface area (Å²) in [6.07, 6.45) is 1.80. The van der Waals surface area contributed by atoms with Gasteiger partial charge in [0.05, 0.1) is 5.69 Å². The molecule has 0 heterocycles. The maximum Gasteiger partial charge on any atom is 0.128 e. The van der Waals surface area contributed by atoms with Gasteiger partial charge >= 0.3 is 0 Å². The van der Waals surface area contributed by atoms with Gasteiger partial charge in [-0.15, -0.1) is 0 Å². The highest BCUT2D eigenvalue weighted by Crippen LogP contribution is 2.25. The molecule has 0 amide bonds. The Bertz CT molecular complexity index is 1130.